The van der Waals surface area contributed by atoms with E-state index in [1.807, 2.05) is 0 Å². The molecule has 0 aromatic heterocycles. The minimum absolute atomic E-state index is 0.0760. The Morgan fingerprint density at radius 3 is 2.74 bits per heavy atom. The zero-order valence-corrected chi connectivity index (χ0v) is 10.7. The molecular formula is C13H17F2NO3. The van der Waals surface area contributed by atoms with Gasteiger partial charge in [-0.1, -0.05) is 6.92 Å². The molecule has 1 rings (SSSR count). The fourth-order valence-electron chi connectivity index (χ4n) is 1.59. The van der Waals surface area contributed by atoms with E-state index in [-0.39, 0.29) is 25.2 Å². The van der Waals surface area contributed by atoms with Gasteiger partial charge in [-0.15, -0.1) is 0 Å². The van der Waals surface area contributed by atoms with E-state index in [0.717, 1.165) is 18.2 Å². The van der Waals surface area contributed by atoms with E-state index >= 15 is 0 Å². The molecule has 0 heterocycles. The first-order chi connectivity index (χ1) is 8.89. The van der Waals surface area contributed by atoms with Crippen LogP contribution in [0.4, 0.5) is 8.78 Å². The molecule has 106 valence electrons. The number of aliphatic carboxylic acids is 1. The summed E-state index contributed by atoms with van der Waals surface area (Å²) in [5.41, 5.74) is 4.38. The maximum absolute atomic E-state index is 13.2. The summed E-state index contributed by atoms with van der Waals surface area (Å²) in [4.78, 5) is 10.9. The first kappa shape index (κ1) is 15.4. The van der Waals surface area contributed by atoms with Crippen molar-refractivity contribution in [3.8, 4) is 5.75 Å². The lowest BCUT2D eigenvalue weighted by atomic mass is 9.92. The summed E-state index contributed by atoms with van der Waals surface area (Å²) >= 11 is 0. The number of carboxylic acid groups (broad SMARTS) is 1. The predicted octanol–water partition coefficient (Wildman–Crippen LogP) is 2.32. The third-order valence-corrected chi connectivity index (χ3v) is 2.97. The molecule has 0 saturated carbocycles. The average Bonchev–Trinajstić information content (AvgIpc) is 2.38. The highest BCUT2D eigenvalue weighted by molar-refractivity contribution is 5.78. The molecule has 1 aromatic carbocycles. The van der Waals surface area contributed by atoms with Crippen LogP contribution in [0.3, 0.4) is 0 Å². The van der Waals surface area contributed by atoms with Gasteiger partial charge in [0.15, 0.2) is 11.6 Å². The maximum atomic E-state index is 13.2. The van der Waals surface area contributed by atoms with Crippen molar-refractivity contribution < 1.29 is 23.4 Å². The molecule has 6 heteroatoms. The Labute approximate surface area is 110 Å². The highest BCUT2D eigenvalue weighted by Gasteiger charge is 2.31. The predicted molar refractivity (Wildman–Crippen MR) is 65.9 cm³/mol. The zero-order valence-electron chi connectivity index (χ0n) is 10.7. The molecule has 0 aliphatic carbocycles. The Morgan fingerprint density at radius 1 is 1.47 bits per heavy atom. The largest absolute Gasteiger partial charge is 0.490 e. The number of halogens is 2. The lowest BCUT2D eigenvalue weighted by Crippen LogP contribution is -2.47. The van der Waals surface area contributed by atoms with Crippen LogP contribution in [0, 0.1) is 11.6 Å². The highest BCUT2D eigenvalue weighted by Crippen LogP contribution is 2.19. The van der Waals surface area contributed by atoms with Crippen LogP contribution in [0.25, 0.3) is 0 Å². The number of hydrogen-bond acceptors (Lipinski definition) is 3. The van der Waals surface area contributed by atoms with E-state index in [9.17, 15) is 13.6 Å². The molecule has 0 saturated heterocycles. The van der Waals surface area contributed by atoms with Crippen LogP contribution in [0.5, 0.6) is 5.75 Å². The Kier molecular flexibility index (Phi) is 5.23. The zero-order chi connectivity index (χ0) is 14.5. The minimum Gasteiger partial charge on any atom is -0.490 e. The fourth-order valence-corrected chi connectivity index (χ4v) is 1.59. The lowest BCUT2D eigenvalue weighted by Gasteiger charge is -2.22. The Bertz CT molecular complexity index is 454. The first-order valence-electron chi connectivity index (χ1n) is 5.99. The van der Waals surface area contributed by atoms with Gasteiger partial charge in [-0.3, -0.25) is 4.79 Å². The second-order valence-corrected chi connectivity index (χ2v) is 4.34. The van der Waals surface area contributed by atoms with Gasteiger partial charge in [-0.25, -0.2) is 8.78 Å². The van der Waals surface area contributed by atoms with Crippen LogP contribution in [-0.4, -0.2) is 23.2 Å². The number of nitrogens with two attached hydrogens (primary N) is 1. The molecular weight excluding hydrogens is 256 g/mol. The third kappa shape index (κ3) is 4.17. The molecule has 0 aliphatic rings. The number of hydrogen-bond donors (Lipinski definition) is 2. The van der Waals surface area contributed by atoms with Gasteiger partial charge in [0, 0.05) is 6.07 Å². The second-order valence-electron chi connectivity index (χ2n) is 4.34. The van der Waals surface area contributed by atoms with Gasteiger partial charge >= 0.3 is 5.97 Å². The number of carboxylic acids is 1. The molecule has 0 aliphatic heterocycles. The van der Waals surface area contributed by atoms with Crippen molar-refractivity contribution in [2.45, 2.75) is 31.7 Å². The van der Waals surface area contributed by atoms with Crippen molar-refractivity contribution in [3.05, 3.63) is 29.8 Å². The molecule has 0 fully saturated rings. The standard InChI is InChI=1S/C13H17F2NO3/c1-2-13(16,12(17)18)6-3-7-19-11-8-9(14)4-5-10(11)15/h4-5,8H,2-3,6-7,16H2,1H3,(H,17,18). The van der Waals surface area contributed by atoms with Gasteiger partial charge in [0.1, 0.15) is 11.4 Å². The SMILES string of the molecule is CCC(N)(CCCOc1cc(F)ccc1F)C(=O)O. The Morgan fingerprint density at radius 2 is 2.16 bits per heavy atom. The molecule has 0 amide bonds. The van der Waals surface area contributed by atoms with Crippen molar-refractivity contribution >= 4 is 5.97 Å². The molecule has 1 aromatic rings. The van der Waals surface area contributed by atoms with Crippen LogP contribution in [0.2, 0.25) is 0 Å². The molecule has 1 unspecified atom stereocenters. The number of ether oxygens (including phenoxy) is 1. The summed E-state index contributed by atoms with van der Waals surface area (Å²) in [5, 5.41) is 8.95. The van der Waals surface area contributed by atoms with Crippen LogP contribution in [0.15, 0.2) is 18.2 Å². The summed E-state index contributed by atoms with van der Waals surface area (Å²) in [5.74, 6) is -2.51. The summed E-state index contributed by atoms with van der Waals surface area (Å²) in [6.45, 7) is 1.76. The van der Waals surface area contributed by atoms with Crippen LogP contribution in [0.1, 0.15) is 26.2 Å². The van der Waals surface area contributed by atoms with E-state index < -0.39 is 23.1 Å². The molecule has 4 nitrogen and oxygen atoms in total. The van der Waals surface area contributed by atoms with Crippen LogP contribution < -0.4 is 10.5 Å². The van der Waals surface area contributed by atoms with Crippen molar-refractivity contribution in [2.24, 2.45) is 5.73 Å². The number of benzene rings is 1. The van der Waals surface area contributed by atoms with E-state index in [4.69, 9.17) is 15.6 Å². The normalized spacial score (nSPS) is 13.9. The summed E-state index contributed by atoms with van der Waals surface area (Å²) in [6, 6.07) is 2.91. The summed E-state index contributed by atoms with van der Waals surface area (Å²) in [7, 11) is 0. The topological polar surface area (TPSA) is 72.5 Å². The highest BCUT2D eigenvalue weighted by atomic mass is 19.1. The number of rotatable bonds is 7. The molecule has 1 atom stereocenters. The van der Waals surface area contributed by atoms with E-state index in [1.165, 1.54) is 0 Å². The van der Waals surface area contributed by atoms with E-state index in [1.54, 1.807) is 6.92 Å². The van der Waals surface area contributed by atoms with Crippen molar-refractivity contribution in [3.63, 3.8) is 0 Å². The van der Waals surface area contributed by atoms with Gasteiger partial charge in [0.2, 0.25) is 0 Å². The molecule has 19 heavy (non-hydrogen) atoms. The minimum atomic E-state index is -1.30. The van der Waals surface area contributed by atoms with Gasteiger partial charge < -0.3 is 15.6 Å². The van der Waals surface area contributed by atoms with Crippen molar-refractivity contribution in [1.29, 1.82) is 0 Å². The number of carbonyl (C=O) groups is 1. The van der Waals surface area contributed by atoms with Gasteiger partial charge in [0.05, 0.1) is 6.61 Å². The van der Waals surface area contributed by atoms with E-state index in [2.05, 4.69) is 0 Å². The third-order valence-electron chi connectivity index (χ3n) is 2.97. The quantitative estimate of drug-likeness (QED) is 0.748. The average molecular weight is 273 g/mol. The molecule has 3 N–H and O–H groups in total. The lowest BCUT2D eigenvalue weighted by molar-refractivity contribution is -0.143. The fraction of sp³-hybridized carbons (Fsp3) is 0.462. The van der Waals surface area contributed by atoms with Crippen LogP contribution >= 0.6 is 0 Å². The summed E-state index contributed by atoms with van der Waals surface area (Å²) in [6.07, 6.45) is 0.832. The monoisotopic (exact) mass is 273 g/mol. The molecule has 0 bridgehead atoms. The molecule has 0 spiro atoms. The molecule has 0 radical (unpaired) electrons. The Balaban J connectivity index is 2.47. The first-order valence-corrected chi connectivity index (χ1v) is 5.99. The van der Waals surface area contributed by atoms with Crippen molar-refractivity contribution in [1.82, 2.24) is 0 Å². The van der Waals surface area contributed by atoms with Gasteiger partial charge in [0.25, 0.3) is 0 Å². The summed E-state index contributed by atoms with van der Waals surface area (Å²) < 4.78 is 31.2. The van der Waals surface area contributed by atoms with Crippen molar-refractivity contribution in [2.75, 3.05) is 6.61 Å². The Hall–Kier alpha value is -1.69. The smallest absolute Gasteiger partial charge is 0.323 e. The maximum Gasteiger partial charge on any atom is 0.323 e. The van der Waals surface area contributed by atoms with Crippen LogP contribution in [-0.2, 0) is 4.79 Å². The van der Waals surface area contributed by atoms with Gasteiger partial charge in [-0.05, 0) is 31.4 Å². The second kappa shape index (κ2) is 6.47. The van der Waals surface area contributed by atoms with Gasteiger partial charge in [-0.2, -0.15) is 0 Å². The van der Waals surface area contributed by atoms with E-state index in [0.29, 0.717) is 6.42 Å².